The van der Waals surface area contributed by atoms with Crippen molar-refractivity contribution in [1.82, 2.24) is 5.32 Å². The lowest BCUT2D eigenvalue weighted by atomic mass is 10.1. The van der Waals surface area contributed by atoms with E-state index in [1.165, 1.54) is 0 Å². The maximum absolute atomic E-state index is 11.9. The van der Waals surface area contributed by atoms with E-state index in [4.69, 9.17) is 9.47 Å². The Hall–Kier alpha value is -2.82. The lowest BCUT2D eigenvalue weighted by Gasteiger charge is -2.10. The molecular weight excluding hydrogens is 318 g/mol. The first-order chi connectivity index (χ1) is 12.1. The standard InChI is InChI=1S/C20H23NO4/c1-3-18(22)15-8-10-17(11-9-15)25-14-20(23)21-13-12-16-6-4-5-7-19(16)24-2/h4-11H,3,12-14H2,1-2H3,(H,21,23). The minimum absolute atomic E-state index is 0.0625. The largest absolute Gasteiger partial charge is 0.496 e. The Kier molecular flexibility index (Phi) is 7.01. The van der Waals surface area contributed by atoms with Crippen LogP contribution < -0.4 is 14.8 Å². The molecule has 0 aromatic heterocycles. The molecule has 0 fully saturated rings. The molecule has 132 valence electrons. The maximum atomic E-state index is 11.9. The van der Waals surface area contributed by atoms with Crippen molar-refractivity contribution in [3.05, 3.63) is 59.7 Å². The van der Waals surface area contributed by atoms with Crippen molar-refractivity contribution in [2.24, 2.45) is 0 Å². The van der Waals surface area contributed by atoms with Gasteiger partial charge in [0.2, 0.25) is 0 Å². The minimum atomic E-state index is -0.191. The molecule has 5 nitrogen and oxygen atoms in total. The number of ether oxygens (including phenoxy) is 2. The minimum Gasteiger partial charge on any atom is -0.496 e. The predicted octanol–water partition coefficient (Wildman–Crippen LogP) is 3.03. The number of hydrogen-bond donors (Lipinski definition) is 1. The van der Waals surface area contributed by atoms with Crippen molar-refractivity contribution < 1.29 is 19.1 Å². The molecule has 1 N–H and O–H groups in total. The van der Waals surface area contributed by atoms with Crippen LogP contribution in [0.3, 0.4) is 0 Å². The number of rotatable bonds is 9. The van der Waals surface area contributed by atoms with E-state index in [0.29, 0.717) is 30.7 Å². The average Bonchev–Trinajstić information content (AvgIpc) is 2.66. The van der Waals surface area contributed by atoms with Crippen LogP contribution in [0.25, 0.3) is 0 Å². The summed E-state index contributed by atoms with van der Waals surface area (Å²) < 4.78 is 10.7. The molecule has 0 radical (unpaired) electrons. The summed E-state index contributed by atoms with van der Waals surface area (Å²) in [4.78, 5) is 23.4. The fourth-order valence-electron chi connectivity index (χ4n) is 2.39. The number of para-hydroxylation sites is 1. The van der Waals surface area contributed by atoms with E-state index in [1.54, 1.807) is 31.4 Å². The highest BCUT2D eigenvalue weighted by Gasteiger charge is 2.06. The first-order valence-corrected chi connectivity index (χ1v) is 8.28. The van der Waals surface area contributed by atoms with Crippen LogP contribution >= 0.6 is 0 Å². The quantitative estimate of drug-likeness (QED) is 0.712. The van der Waals surface area contributed by atoms with Crippen LogP contribution in [0, 0.1) is 0 Å². The van der Waals surface area contributed by atoms with Crippen LogP contribution in [-0.2, 0) is 11.2 Å². The monoisotopic (exact) mass is 341 g/mol. The van der Waals surface area contributed by atoms with Gasteiger partial charge in [-0.3, -0.25) is 9.59 Å². The van der Waals surface area contributed by atoms with Crippen LogP contribution in [0.1, 0.15) is 29.3 Å². The van der Waals surface area contributed by atoms with Gasteiger partial charge in [-0.05, 0) is 42.3 Å². The zero-order valence-corrected chi connectivity index (χ0v) is 14.6. The Morgan fingerprint density at radius 1 is 1.04 bits per heavy atom. The number of amides is 1. The van der Waals surface area contributed by atoms with Crippen molar-refractivity contribution in [2.45, 2.75) is 19.8 Å². The molecule has 2 aromatic rings. The zero-order chi connectivity index (χ0) is 18.1. The molecule has 0 unspecified atom stereocenters. The first-order valence-electron chi connectivity index (χ1n) is 8.28. The van der Waals surface area contributed by atoms with Gasteiger partial charge in [0.15, 0.2) is 12.4 Å². The number of methoxy groups -OCH3 is 1. The number of nitrogens with one attached hydrogen (secondary N) is 1. The molecule has 0 heterocycles. The van der Waals surface area contributed by atoms with Crippen LogP contribution in [0.2, 0.25) is 0 Å². The van der Waals surface area contributed by atoms with Gasteiger partial charge in [-0.25, -0.2) is 0 Å². The van der Waals surface area contributed by atoms with E-state index in [2.05, 4.69) is 5.32 Å². The fraction of sp³-hybridized carbons (Fsp3) is 0.300. The third-order valence-corrected chi connectivity index (χ3v) is 3.78. The summed E-state index contributed by atoms with van der Waals surface area (Å²) in [6.45, 7) is 2.27. The van der Waals surface area contributed by atoms with Crippen molar-refractivity contribution in [2.75, 3.05) is 20.3 Å². The van der Waals surface area contributed by atoms with E-state index in [-0.39, 0.29) is 18.3 Å². The molecule has 1 amide bonds. The summed E-state index contributed by atoms with van der Waals surface area (Å²) in [5.74, 6) is 1.27. The van der Waals surface area contributed by atoms with Crippen LogP contribution in [0.15, 0.2) is 48.5 Å². The van der Waals surface area contributed by atoms with Gasteiger partial charge in [-0.1, -0.05) is 25.1 Å². The lowest BCUT2D eigenvalue weighted by molar-refractivity contribution is -0.123. The Morgan fingerprint density at radius 2 is 1.76 bits per heavy atom. The van der Waals surface area contributed by atoms with Gasteiger partial charge in [-0.2, -0.15) is 0 Å². The number of ketones is 1. The van der Waals surface area contributed by atoms with Gasteiger partial charge < -0.3 is 14.8 Å². The molecule has 2 aromatic carbocycles. The Bertz CT molecular complexity index is 710. The summed E-state index contributed by atoms with van der Waals surface area (Å²) in [7, 11) is 1.63. The molecule has 0 spiro atoms. The molecule has 0 aliphatic carbocycles. The Morgan fingerprint density at radius 3 is 2.44 bits per heavy atom. The second-order valence-corrected chi connectivity index (χ2v) is 5.50. The van der Waals surface area contributed by atoms with Crippen molar-refractivity contribution in [1.29, 1.82) is 0 Å². The van der Waals surface area contributed by atoms with Crippen molar-refractivity contribution >= 4 is 11.7 Å². The predicted molar refractivity (Wildman–Crippen MR) is 96.3 cm³/mol. The molecule has 25 heavy (non-hydrogen) atoms. The maximum Gasteiger partial charge on any atom is 0.257 e. The number of benzene rings is 2. The highest BCUT2D eigenvalue weighted by atomic mass is 16.5. The highest BCUT2D eigenvalue weighted by molar-refractivity contribution is 5.95. The summed E-state index contributed by atoms with van der Waals surface area (Å²) in [5.41, 5.74) is 1.69. The molecule has 2 rings (SSSR count). The van der Waals surface area contributed by atoms with Crippen LogP contribution in [-0.4, -0.2) is 32.0 Å². The van der Waals surface area contributed by atoms with Gasteiger partial charge in [0.25, 0.3) is 5.91 Å². The van der Waals surface area contributed by atoms with E-state index in [0.717, 1.165) is 11.3 Å². The molecular formula is C20H23NO4. The first kappa shape index (κ1) is 18.5. The average molecular weight is 341 g/mol. The third-order valence-electron chi connectivity index (χ3n) is 3.78. The fourth-order valence-corrected chi connectivity index (χ4v) is 2.39. The number of carbonyl (C=O) groups is 2. The van der Waals surface area contributed by atoms with Crippen molar-refractivity contribution in [3.8, 4) is 11.5 Å². The normalized spacial score (nSPS) is 10.2. The second kappa shape index (κ2) is 9.47. The van der Waals surface area contributed by atoms with Gasteiger partial charge in [0, 0.05) is 18.5 Å². The number of carbonyl (C=O) groups excluding carboxylic acids is 2. The molecule has 5 heteroatoms. The third kappa shape index (κ3) is 5.64. The van der Waals surface area contributed by atoms with E-state index in [9.17, 15) is 9.59 Å². The summed E-state index contributed by atoms with van der Waals surface area (Å²) in [6, 6.07) is 14.5. The summed E-state index contributed by atoms with van der Waals surface area (Å²) in [5, 5.41) is 2.82. The lowest BCUT2D eigenvalue weighted by Crippen LogP contribution is -2.30. The van der Waals surface area contributed by atoms with Gasteiger partial charge in [0.1, 0.15) is 11.5 Å². The smallest absolute Gasteiger partial charge is 0.257 e. The number of hydrogen-bond acceptors (Lipinski definition) is 4. The topological polar surface area (TPSA) is 64.6 Å². The van der Waals surface area contributed by atoms with Crippen LogP contribution in [0.4, 0.5) is 0 Å². The molecule has 0 aliphatic rings. The highest BCUT2D eigenvalue weighted by Crippen LogP contribution is 2.17. The zero-order valence-electron chi connectivity index (χ0n) is 14.6. The van der Waals surface area contributed by atoms with Gasteiger partial charge in [0.05, 0.1) is 7.11 Å². The SMILES string of the molecule is CCC(=O)c1ccc(OCC(=O)NCCc2ccccc2OC)cc1. The van der Waals surface area contributed by atoms with Gasteiger partial charge >= 0.3 is 0 Å². The molecule has 0 aliphatic heterocycles. The molecule has 0 bridgehead atoms. The van der Waals surface area contributed by atoms with Gasteiger partial charge in [-0.15, -0.1) is 0 Å². The van der Waals surface area contributed by atoms with Crippen LogP contribution in [0.5, 0.6) is 11.5 Å². The van der Waals surface area contributed by atoms with E-state index in [1.807, 2.05) is 31.2 Å². The molecule has 0 saturated carbocycles. The number of Topliss-reactive ketones (excluding diaryl/α,β-unsaturated/α-hetero) is 1. The van der Waals surface area contributed by atoms with Crippen molar-refractivity contribution in [3.63, 3.8) is 0 Å². The van der Waals surface area contributed by atoms with E-state index < -0.39 is 0 Å². The molecule has 0 atom stereocenters. The Labute approximate surface area is 148 Å². The summed E-state index contributed by atoms with van der Waals surface area (Å²) >= 11 is 0. The second-order valence-electron chi connectivity index (χ2n) is 5.50. The summed E-state index contributed by atoms with van der Waals surface area (Å²) in [6.07, 6.45) is 1.15. The van der Waals surface area contributed by atoms with E-state index >= 15 is 0 Å². The molecule has 0 saturated heterocycles. The Balaban J connectivity index is 1.74.